The Balaban J connectivity index is 2.16. The van der Waals surface area contributed by atoms with E-state index in [1.165, 1.54) is 13.0 Å². The van der Waals surface area contributed by atoms with Crippen molar-refractivity contribution < 1.29 is 14.3 Å². The van der Waals surface area contributed by atoms with E-state index >= 15 is 0 Å². The molecule has 24 heavy (non-hydrogen) atoms. The summed E-state index contributed by atoms with van der Waals surface area (Å²) in [6.45, 7) is 1.22. The van der Waals surface area contributed by atoms with Crippen molar-refractivity contribution in [3.05, 3.63) is 75.4 Å². The maximum absolute atomic E-state index is 12.3. The summed E-state index contributed by atoms with van der Waals surface area (Å²) in [6.07, 6.45) is 1.54. The van der Waals surface area contributed by atoms with Crippen LogP contribution < -0.4 is 5.32 Å². The quantitative estimate of drug-likeness (QED) is 0.639. The number of carbonyl (C=O) groups is 2. The van der Waals surface area contributed by atoms with Crippen LogP contribution in [-0.2, 0) is 20.9 Å². The van der Waals surface area contributed by atoms with Crippen LogP contribution in [0, 0.1) is 0 Å². The van der Waals surface area contributed by atoms with E-state index in [0.717, 1.165) is 5.56 Å². The number of halogens is 2. The van der Waals surface area contributed by atoms with Gasteiger partial charge in [-0.3, -0.25) is 4.79 Å². The van der Waals surface area contributed by atoms with E-state index in [-0.39, 0.29) is 18.2 Å². The van der Waals surface area contributed by atoms with Gasteiger partial charge < -0.3 is 10.1 Å². The highest BCUT2D eigenvalue weighted by Crippen LogP contribution is 2.25. The molecule has 0 atom stereocenters. The first kappa shape index (κ1) is 18.0. The molecule has 0 fully saturated rings. The third-order valence-corrected chi connectivity index (χ3v) is 3.76. The number of amides is 1. The minimum absolute atomic E-state index is 0.0388. The van der Waals surface area contributed by atoms with E-state index in [4.69, 9.17) is 27.9 Å². The molecule has 0 saturated heterocycles. The summed E-state index contributed by atoms with van der Waals surface area (Å²) in [4.78, 5) is 23.6. The molecule has 0 aliphatic carbocycles. The predicted octanol–water partition coefficient (Wildman–Crippen LogP) is 4.21. The van der Waals surface area contributed by atoms with Gasteiger partial charge in [-0.15, -0.1) is 0 Å². The van der Waals surface area contributed by atoms with Gasteiger partial charge in [0.25, 0.3) is 0 Å². The summed E-state index contributed by atoms with van der Waals surface area (Å²) >= 11 is 12.1. The maximum Gasteiger partial charge on any atom is 0.355 e. The van der Waals surface area contributed by atoms with Gasteiger partial charge in [0.2, 0.25) is 5.91 Å². The molecule has 4 nitrogen and oxygen atoms in total. The molecule has 2 rings (SSSR count). The Kier molecular flexibility index (Phi) is 6.41. The fourth-order valence-corrected chi connectivity index (χ4v) is 2.44. The third kappa shape index (κ3) is 5.11. The van der Waals surface area contributed by atoms with Crippen LogP contribution >= 0.6 is 23.2 Å². The number of benzene rings is 2. The minimum Gasteiger partial charge on any atom is -0.456 e. The molecule has 1 amide bonds. The molecule has 0 heterocycles. The zero-order valence-electron chi connectivity index (χ0n) is 12.9. The summed E-state index contributed by atoms with van der Waals surface area (Å²) < 4.78 is 5.23. The van der Waals surface area contributed by atoms with Gasteiger partial charge in [0, 0.05) is 22.5 Å². The summed E-state index contributed by atoms with van der Waals surface area (Å²) in [6, 6.07) is 14.1. The molecule has 0 bridgehead atoms. The molecule has 0 unspecified atom stereocenters. The second-order valence-electron chi connectivity index (χ2n) is 4.93. The van der Waals surface area contributed by atoms with Crippen LogP contribution in [0.1, 0.15) is 18.1 Å². The van der Waals surface area contributed by atoms with Crippen LogP contribution in [0.15, 0.2) is 54.2 Å². The number of ether oxygens (including phenoxy) is 1. The topological polar surface area (TPSA) is 55.4 Å². The van der Waals surface area contributed by atoms with Gasteiger partial charge in [-0.05, 0) is 23.8 Å². The Morgan fingerprint density at radius 2 is 1.67 bits per heavy atom. The van der Waals surface area contributed by atoms with Crippen LogP contribution in [0.5, 0.6) is 0 Å². The first-order valence-corrected chi connectivity index (χ1v) is 7.87. The molecule has 0 radical (unpaired) electrons. The molecule has 0 aliphatic rings. The second-order valence-corrected chi connectivity index (χ2v) is 5.74. The van der Waals surface area contributed by atoms with Gasteiger partial charge in [-0.2, -0.15) is 0 Å². The van der Waals surface area contributed by atoms with Crippen LogP contribution in [0.2, 0.25) is 10.0 Å². The molecule has 0 spiro atoms. The molecule has 124 valence electrons. The standard InChI is InChI=1S/C18H15Cl2NO3/c1-12(22)21-17(10-13-6-3-2-4-7-13)18(23)24-11-14-15(19)8-5-9-16(14)20/h2-10H,11H2,1H3,(H,21,22)/b17-10+. The summed E-state index contributed by atoms with van der Waals surface area (Å²) in [5.41, 5.74) is 1.31. The van der Waals surface area contributed by atoms with Crippen molar-refractivity contribution in [3.8, 4) is 0 Å². The Hall–Kier alpha value is -2.30. The van der Waals surface area contributed by atoms with Crippen molar-refractivity contribution >= 4 is 41.2 Å². The van der Waals surface area contributed by atoms with Crippen molar-refractivity contribution in [1.82, 2.24) is 5.32 Å². The van der Waals surface area contributed by atoms with Gasteiger partial charge in [0.05, 0.1) is 0 Å². The third-order valence-electron chi connectivity index (χ3n) is 3.05. The molecule has 0 aromatic heterocycles. The van der Waals surface area contributed by atoms with Crippen molar-refractivity contribution in [1.29, 1.82) is 0 Å². The fourth-order valence-electron chi connectivity index (χ4n) is 1.94. The Morgan fingerprint density at radius 3 is 2.25 bits per heavy atom. The smallest absolute Gasteiger partial charge is 0.355 e. The highest BCUT2D eigenvalue weighted by atomic mass is 35.5. The molecule has 2 aromatic rings. The van der Waals surface area contributed by atoms with E-state index in [2.05, 4.69) is 5.32 Å². The molecular weight excluding hydrogens is 349 g/mol. The lowest BCUT2D eigenvalue weighted by atomic mass is 10.2. The molecule has 0 aliphatic heterocycles. The number of esters is 1. The average Bonchev–Trinajstić information content (AvgIpc) is 2.54. The normalized spacial score (nSPS) is 11.0. The van der Waals surface area contributed by atoms with Crippen molar-refractivity contribution in [2.24, 2.45) is 0 Å². The summed E-state index contributed by atoms with van der Waals surface area (Å²) in [7, 11) is 0. The highest BCUT2D eigenvalue weighted by molar-refractivity contribution is 6.35. The molecule has 6 heteroatoms. The molecule has 1 N–H and O–H groups in total. The number of rotatable bonds is 5. The van der Waals surface area contributed by atoms with Gasteiger partial charge in [0.15, 0.2) is 0 Å². The summed E-state index contributed by atoms with van der Waals surface area (Å²) in [5, 5.41) is 3.29. The van der Waals surface area contributed by atoms with Gasteiger partial charge >= 0.3 is 5.97 Å². The molecule has 0 saturated carbocycles. The number of hydrogen-bond donors (Lipinski definition) is 1. The van der Waals surface area contributed by atoms with Crippen molar-refractivity contribution in [2.75, 3.05) is 0 Å². The number of nitrogens with one attached hydrogen (secondary N) is 1. The number of carbonyl (C=O) groups excluding carboxylic acids is 2. The predicted molar refractivity (Wildman–Crippen MR) is 94.5 cm³/mol. The monoisotopic (exact) mass is 363 g/mol. The van der Waals surface area contributed by atoms with Gasteiger partial charge in [0.1, 0.15) is 12.3 Å². The summed E-state index contributed by atoms with van der Waals surface area (Å²) in [5.74, 6) is -1.05. The Labute approximate surface area is 150 Å². The average molecular weight is 364 g/mol. The zero-order valence-corrected chi connectivity index (χ0v) is 14.4. The zero-order chi connectivity index (χ0) is 17.5. The largest absolute Gasteiger partial charge is 0.456 e. The van der Waals surface area contributed by atoms with Crippen molar-refractivity contribution in [3.63, 3.8) is 0 Å². The van der Waals surface area contributed by atoms with E-state index in [9.17, 15) is 9.59 Å². The first-order chi connectivity index (χ1) is 11.5. The lowest BCUT2D eigenvalue weighted by Gasteiger charge is -2.11. The van der Waals surface area contributed by atoms with E-state index in [1.54, 1.807) is 30.3 Å². The van der Waals surface area contributed by atoms with E-state index in [0.29, 0.717) is 15.6 Å². The highest BCUT2D eigenvalue weighted by Gasteiger charge is 2.15. The van der Waals surface area contributed by atoms with Crippen LogP contribution in [-0.4, -0.2) is 11.9 Å². The van der Waals surface area contributed by atoms with Gasteiger partial charge in [-0.1, -0.05) is 59.6 Å². The minimum atomic E-state index is -0.676. The fraction of sp³-hybridized carbons (Fsp3) is 0.111. The SMILES string of the molecule is CC(=O)N/C(=C/c1ccccc1)C(=O)OCc1c(Cl)cccc1Cl. The van der Waals surface area contributed by atoms with Gasteiger partial charge in [-0.25, -0.2) is 4.79 Å². The Bertz CT molecular complexity index is 753. The second kappa shape index (κ2) is 8.52. The number of hydrogen-bond acceptors (Lipinski definition) is 3. The first-order valence-electron chi connectivity index (χ1n) is 7.11. The van der Waals surface area contributed by atoms with Crippen molar-refractivity contribution in [2.45, 2.75) is 13.5 Å². The lowest BCUT2D eigenvalue weighted by Crippen LogP contribution is -2.26. The molecular formula is C18H15Cl2NO3. The lowest BCUT2D eigenvalue weighted by molar-refractivity contribution is -0.141. The van der Waals surface area contributed by atoms with Crippen LogP contribution in [0.3, 0.4) is 0 Å². The van der Waals surface area contributed by atoms with Crippen LogP contribution in [0.4, 0.5) is 0 Å². The molecule has 2 aromatic carbocycles. The van der Waals surface area contributed by atoms with Crippen LogP contribution in [0.25, 0.3) is 6.08 Å². The van der Waals surface area contributed by atoms with E-state index < -0.39 is 5.97 Å². The Morgan fingerprint density at radius 1 is 1.04 bits per heavy atom. The van der Waals surface area contributed by atoms with E-state index in [1.807, 2.05) is 18.2 Å². The maximum atomic E-state index is 12.3.